The third-order valence-corrected chi connectivity index (χ3v) is 12.7. The van der Waals surface area contributed by atoms with E-state index in [0.29, 0.717) is 43.4 Å². The Morgan fingerprint density at radius 3 is 2.38 bits per heavy atom. The average Bonchev–Trinajstić information content (AvgIpc) is 3.34. The first kappa shape index (κ1) is 33.9. The fourth-order valence-electron chi connectivity index (χ4n) is 9.76. The molecule has 0 heterocycles. The Labute approximate surface area is 267 Å². The maximum Gasteiger partial charge on any atom is 0.432 e. The molecular weight excluding hydrogens is 577 g/mol. The smallest absolute Gasteiger partial charge is 0.432 e. The number of esters is 1. The van der Waals surface area contributed by atoms with Crippen LogP contribution in [-0.4, -0.2) is 31.1 Å². The van der Waals surface area contributed by atoms with Crippen LogP contribution in [0.15, 0.2) is 53.6 Å². The number of hydrogen-bond donors (Lipinski definition) is 0. The summed E-state index contributed by atoms with van der Waals surface area (Å²) in [4.78, 5) is 27.3. The molecule has 1 aromatic carbocycles. The van der Waals surface area contributed by atoms with Gasteiger partial charge in [-0.05, 0) is 104 Å². The Morgan fingerprint density at radius 1 is 1.07 bits per heavy atom. The summed E-state index contributed by atoms with van der Waals surface area (Å²) < 4.78 is 54.0. The van der Waals surface area contributed by atoms with E-state index in [2.05, 4.69) is 41.2 Å². The van der Waals surface area contributed by atoms with E-state index < -0.39 is 23.9 Å². The van der Waals surface area contributed by atoms with Crippen LogP contribution < -0.4 is 0 Å². The van der Waals surface area contributed by atoms with Gasteiger partial charge in [0, 0.05) is 19.1 Å². The molecule has 0 spiro atoms. The SMILES string of the molecule is C=C(CC[C@@H](C)[C@H]1CC[C@H]2C3=C(CC[C@]12C)[C@@]1(C)CC[C@H](OC(=O)[C@](OC)(c2ccccc2)C(F)(F)F)C[C@@H]1CC3=O)C(C)C. The van der Waals surface area contributed by atoms with Crippen molar-refractivity contribution in [3.05, 3.63) is 59.2 Å². The summed E-state index contributed by atoms with van der Waals surface area (Å²) in [5.74, 6) is 0.578. The number of ketones is 1. The van der Waals surface area contributed by atoms with Gasteiger partial charge in [0.05, 0.1) is 0 Å². The summed E-state index contributed by atoms with van der Waals surface area (Å²) in [5.41, 5.74) is 0.0215. The Hall–Kier alpha value is -2.41. The van der Waals surface area contributed by atoms with Crippen LogP contribution in [0.1, 0.15) is 104 Å². The highest BCUT2D eigenvalue weighted by molar-refractivity contribution is 5.98. The number of Topliss-reactive ketones (excluding diaryl/α,β-unsaturated/α-hetero) is 1. The minimum atomic E-state index is -5.02. The lowest BCUT2D eigenvalue weighted by atomic mass is 9.50. The minimum Gasteiger partial charge on any atom is -0.460 e. The molecule has 0 amide bonds. The van der Waals surface area contributed by atoms with E-state index >= 15 is 0 Å². The molecule has 0 radical (unpaired) electrons. The Balaban J connectivity index is 1.34. The topological polar surface area (TPSA) is 52.6 Å². The number of carbonyl (C=O) groups excluding carboxylic acids is 2. The summed E-state index contributed by atoms with van der Waals surface area (Å²) in [6, 6.07) is 6.94. The van der Waals surface area contributed by atoms with Crippen molar-refractivity contribution in [1.29, 1.82) is 0 Å². The number of alkyl halides is 3. The van der Waals surface area contributed by atoms with Gasteiger partial charge in [0.1, 0.15) is 6.10 Å². The Kier molecular flexibility index (Phi) is 9.29. The van der Waals surface area contributed by atoms with Gasteiger partial charge in [-0.15, -0.1) is 0 Å². The molecule has 7 heteroatoms. The van der Waals surface area contributed by atoms with Crippen molar-refractivity contribution < 1.29 is 32.2 Å². The van der Waals surface area contributed by atoms with Gasteiger partial charge in [-0.2, -0.15) is 13.2 Å². The predicted octanol–water partition coefficient (Wildman–Crippen LogP) is 9.53. The molecule has 248 valence electrons. The number of rotatable bonds is 9. The molecule has 4 nitrogen and oxygen atoms in total. The second kappa shape index (κ2) is 12.3. The molecule has 0 bridgehead atoms. The molecule has 2 saturated carbocycles. The van der Waals surface area contributed by atoms with E-state index in [0.717, 1.165) is 51.2 Å². The second-order valence-corrected chi connectivity index (χ2v) is 15.3. The quantitative estimate of drug-likeness (QED) is 0.202. The van der Waals surface area contributed by atoms with Gasteiger partial charge >= 0.3 is 12.1 Å². The zero-order valence-electron chi connectivity index (χ0n) is 27.9. The van der Waals surface area contributed by atoms with Crippen LogP contribution in [0.3, 0.4) is 0 Å². The van der Waals surface area contributed by atoms with Crippen LogP contribution in [0.4, 0.5) is 13.2 Å². The summed E-state index contributed by atoms with van der Waals surface area (Å²) in [7, 11) is 0.890. The number of benzene rings is 1. The fourth-order valence-corrected chi connectivity index (χ4v) is 9.76. The summed E-state index contributed by atoms with van der Waals surface area (Å²) >= 11 is 0. The molecule has 2 fully saturated rings. The lowest BCUT2D eigenvalue weighted by Crippen LogP contribution is -2.53. The van der Waals surface area contributed by atoms with E-state index in [1.807, 2.05) is 0 Å². The first-order valence-electron chi connectivity index (χ1n) is 16.9. The normalized spacial score (nSPS) is 33.6. The van der Waals surface area contributed by atoms with E-state index in [-0.39, 0.29) is 34.0 Å². The molecule has 0 N–H and O–H groups in total. The Bertz CT molecular complexity index is 1330. The van der Waals surface area contributed by atoms with Crippen LogP contribution in [-0.2, 0) is 24.7 Å². The third-order valence-electron chi connectivity index (χ3n) is 12.7. The monoisotopic (exact) mass is 628 g/mol. The largest absolute Gasteiger partial charge is 0.460 e. The molecule has 1 aromatic rings. The predicted molar refractivity (Wildman–Crippen MR) is 169 cm³/mol. The van der Waals surface area contributed by atoms with Crippen molar-refractivity contribution in [1.82, 2.24) is 0 Å². The van der Waals surface area contributed by atoms with Crippen molar-refractivity contribution >= 4 is 11.8 Å². The van der Waals surface area contributed by atoms with E-state index in [1.54, 1.807) is 6.07 Å². The van der Waals surface area contributed by atoms with Crippen LogP contribution in [0.25, 0.3) is 0 Å². The van der Waals surface area contributed by atoms with Gasteiger partial charge in [-0.25, -0.2) is 4.79 Å². The molecule has 45 heavy (non-hydrogen) atoms. The van der Waals surface area contributed by atoms with Gasteiger partial charge in [0.15, 0.2) is 5.78 Å². The third kappa shape index (κ3) is 5.63. The molecule has 0 saturated heterocycles. The number of allylic oxidation sites excluding steroid dienone is 3. The first-order chi connectivity index (χ1) is 21.1. The number of ether oxygens (including phenoxy) is 2. The standard InChI is InChI=1S/C38H51F3O4/c1-23(2)24(3)13-14-25(4)29-15-16-30-33-31(18-20-36(29,30)6)35(5)19-17-28(21-27(35)22-32(33)42)45-34(43)37(44-7,38(39,40)41)26-11-9-8-10-12-26/h8-12,23,25,27-30H,3,13-22H2,1-2,4-7H3/t25-,27-,28+,29-,30+,35+,36-,37-/m1/s1. The van der Waals surface area contributed by atoms with Crippen molar-refractivity contribution in [2.75, 3.05) is 7.11 Å². The Morgan fingerprint density at radius 2 is 1.76 bits per heavy atom. The second-order valence-electron chi connectivity index (χ2n) is 15.3. The number of carbonyl (C=O) groups is 2. The summed E-state index contributed by atoms with van der Waals surface area (Å²) in [5, 5.41) is 0. The maximum atomic E-state index is 14.5. The molecular formula is C38H51F3O4. The minimum absolute atomic E-state index is 0.0719. The molecule has 4 aliphatic carbocycles. The highest BCUT2D eigenvalue weighted by atomic mass is 19.4. The first-order valence-corrected chi connectivity index (χ1v) is 16.9. The fraction of sp³-hybridized carbons (Fsp3) is 0.684. The number of hydrogen-bond acceptors (Lipinski definition) is 4. The molecule has 4 aliphatic rings. The molecule has 0 aromatic heterocycles. The average molecular weight is 629 g/mol. The lowest BCUT2D eigenvalue weighted by Gasteiger charge is -2.54. The maximum absolute atomic E-state index is 14.5. The van der Waals surface area contributed by atoms with E-state index in [1.165, 1.54) is 35.4 Å². The van der Waals surface area contributed by atoms with Crippen molar-refractivity contribution in [2.45, 2.75) is 117 Å². The van der Waals surface area contributed by atoms with Crippen LogP contribution in [0, 0.1) is 40.4 Å². The molecule has 0 unspecified atom stereocenters. The number of methoxy groups -OCH3 is 1. The molecule has 0 aliphatic heterocycles. The van der Waals surface area contributed by atoms with Crippen LogP contribution >= 0.6 is 0 Å². The molecule has 5 rings (SSSR count). The van der Waals surface area contributed by atoms with Gasteiger partial charge in [0.2, 0.25) is 0 Å². The number of halogens is 3. The molecule has 8 atom stereocenters. The van der Waals surface area contributed by atoms with Gasteiger partial charge < -0.3 is 9.47 Å². The highest BCUT2D eigenvalue weighted by Crippen LogP contribution is 2.65. The number of fused-ring (bicyclic) bond motifs is 4. The van der Waals surface area contributed by atoms with Gasteiger partial charge in [0.25, 0.3) is 5.60 Å². The van der Waals surface area contributed by atoms with Crippen molar-refractivity contribution in [3.63, 3.8) is 0 Å². The van der Waals surface area contributed by atoms with Gasteiger partial charge in [-0.1, -0.05) is 82.7 Å². The highest BCUT2D eigenvalue weighted by Gasteiger charge is 2.65. The van der Waals surface area contributed by atoms with Crippen LogP contribution in [0.5, 0.6) is 0 Å². The zero-order chi connectivity index (χ0) is 32.9. The van der Waals surface area contributed by atoms with Crippen molar-refractivity contribution in [2.24, 2.45) is 40.4 Å². The van der Waals surface area contributed by atoms with Crippen molar-refractivity contribution in [3.8, 4) is 0 Å². The zero-order valence-corrected chi connectivity index (χ0v) is 27.9. The van der Waals surface area contributed by atoms with Crippen LogP contribution in [0.2, 0.25) is 0 Å². The lowest BCUT2D eigenvalue weighted by molar-refractivity contribution is -0.279. The summed E-state index contributed by atoms with van der Waals surface area (Å²) in [6.45, 7) is 15.7. The summed E-state index contributed by atoms with van der Waals surface area (Å²) in [6.07, 6.45) is 2.45. The van der Waals surface area contributed by atoms with Gasteiger partial charge in [-0.3, -0.25) is 4.79 Å². The van der Waals surface area contributed by atoms with E-state index in [4.69, 9.17) is 9.47 Å². The van der Waals surface area contributed by atoms with E-state index in [9.17, 15) is 22.8 Å².